The fraction of sp³-hybridized carbons (Fsp3) is 0.429. The highest BCUT2D eigenvalue weighted by Crippen LogP contribution is 2.22. The van der Waals surface area contributed by atoms with Gasteiger partial charge in [0.1, 0.15) is 0 Å². The van der Waals surface area contributed by atoms with Crippen LogP contribution in [0.2, 0.25) is 0 Å². The highest BCUT2D eigenvalue weighted by Gasteiger charge is 2.30. The molecule has 7 heteroatoms. The van der Waals surface area contributed by atoms with Crippen LogP contribution in [0.4, 0.5) is 5.95 Å². The molecular formula is C21H26N4O3. The first-order valence-electron chi connectivity index (χ1n) is 9.56. The van der Waals surface area contributed by atoms with Crippen LogP contribution >= 0.6 is 0 Å². The van der Waals surface area contributed by atoms with Gasteiger partial charge in [0.05, 0.1) is 5.92 Å². The van der Waals surface area contributed by atoms with E-state index in [9.17, 15) is 9.59 Å². The molecule has 0 aliphatic carbocycles. The van der Waals surface area contributed by atoms with Crippen molar-refractivity contribution < 1.29 is 14.3 Å². The molecular weight excluding hydrogens is 356 g/mol. The van der Waals surface area contributed by atoms with E-state index in [0.29, 0.717) is 38.4 Å². The summed E-state index contributed by atoms with van der Waals surface area (Å²) in [6.45, 7) is 3.51. The van der Waals surface area contributed by atoms with Gasteiger partial charge in [-0.15, -0.1) is 0 Å². The molecule has 148 valence electrons. The Hall–Kier alpha value is -2.96. The smallest absolute Gasteiger partial charge is 0.309 e. The predicted octanol–water partition coefficient (Wildman–Crippen LogP) is 2.28. The lowest BCUT2D eigenvalue weighted by Gasteiger charge is -2.31. The fourth-order valence-electron chi connectivity index (χ4n) is 3.34. The number of hydrogen-bond acceptors (Lipinski definition) is 6. The third-order valence-electron chi connectivity index (χ3n) is 4.94. The van der Waals surface area contributed by atoms with E-state index >= 15 is 0 Å². The highest BCUT2D eigenvalue weighted by atomic mass is 16.5. The fourth-order valence-corrected chi connectivity index (χ4v) is 3.34. The molecule has 0 bridgehead atoms. The Kier molecular flexibility index (Phi) is 6.57. The Labute approximate surface area is 165 Å². The van der Waals surface area contributed by atoms with E-state index in [4.69, 9.17) is 4.74 Å². The van der Waals surface area contributed by atoms with Crippen molar-refractivity contribution >= 4 is 17.8 Å². The number of benzene rings is 1. The van der Waals surface area contributed by atoms with Crippen molar-refractivity contribution in [3.8, 4) is 0 Å². The molecule has 1 aromatic heterocycles. The largest absolute Gasteiger partial charge is 0.452 e. The van der Waals surface area contributed by atoms with E-state index in [1.165, 1.54) is 0 Å². The number of rotatable bonds is 6. The lowest BCUT2D eigenvalue weighted by Crippen LogP contribution is -2.41. The van der Waals surface area contributed by atoms with Gasteiger partial charge in [-0.1, -0.05) is 30.3 Å². The summed E-state index contributed by atoms with van der Waals surface area (Å²) >= 11 is 0. The molecule has 2 heterocycles. The Morgan fingerprint density at radius 2 is 1.79 bits per heavy atom. The average molecular weight is 382 g/mol. The zero-order chi connectivity index (χ0) is 19.9. The molecule has 0 radical (unpaired) electrons. The maximum Gasteiger partial charge on any atom is 0.309 e. The molecule has 3 rings (SSSR count). The van der Waals surface area contributed by atoms with E-state index in [0.717, 1.165) is 5.56 Å². The number of esters is 1. The van der Waals surface area contributed by atoms with Gasteiger partial charge in [0.15, 0.2) is 6.10 Å². The number of ether oxygens (including phenoxy) is 1. The van der Waals surface area contributed by atoms with E-state index in [-0.39, 0.29) is 17.8 Å². The van der Waals surface area contributed by atoms with Gasteiger partial charge in [0.2, 0.25) is 5.95 Å². The third-order valence-corrected chi connectivity index (χ3v) is 4.94. The van der Waals surface area contributed by atoms with E-state index in [1.807, 2.05) is 30.3 Å². The van der Waals surface area contributed by atoms with Gasteiger partial charge in [-0.05, 0) is 31.4 Å². The number of nitrogens with zero attached hydrogens (tertiary/aromatic N) is 4. The van der Waals surface area contributed by atoms with Gasteiger partial charge in [-0.25, -0.2) is 9.97 Å². The second kappa shape index (κ2) is 9.30. The minimum atomic E-state index is -0.795. The molecule has 1 unspecified atom stereocenters. The van der Waals surface area contributed by atoms with Crippen LogP contribution in [0.3, 0.4) is 0 Å². The first kappa shape index (κ1) is 19.8. The summed E-state index contributed by atoms with van der Waals surface area (Å²) < 4.78 is 5.47. The number of anilines is 1. The van der Waals surface area contributed by atoms with Crippen LogP contribution in [0.5, 0.6) is 0 Å². The Morgan fingerprint density at radius 3 is 2.43 bits per heavy atom. The topological polar surface area (TPSA) is 75.6 Å². The van der Waals surface area contributed by atoms with Crippen molar-refractivity contribution in [3.05, 3.63) is 54.4 Å². The number of likely N-dealkylation sites (N-methyl/N-ethyl adjacent to an activating group) is 1. The number of piperidine rings is 1. The van der Waals surface area contributed by atoms with Crippen molar-refractivity contribution in [2.75, 3.05) is 25.0 Å². The van der Waals surface area contributed by atoms with E-state index in [2.05, 4.69) is 14.9 Å². The van der Waals surface area contributed by atoms with Crippen molar-refractivity contribution in [2.45, 2.75) is 32.4 Å². The minimum absolute atomic E-state index is 0.199. The zero-order valence-electron chi connectivity index (χ0n) is 16.3. The Balaban J connectivity index is 1.47. The van der Waals surface area contributed by atoms with Crippen molar-refractivity contribution in [3.63, 3.8) is 0 Å². The lowest BCUT2D eigenvalue weighted by molar-refractivity contribution is -0.162. The van der Waals surface area contributed by atoms with Gasteiger partial charge < -0.3 is 14.5 Å². The van der Waals surface area contributed by atoms with Crippen LogP contribution in [0.25, 0.3) is 0 Å². The summed E-state index contributed by atoms with van der Waals surface area (Å²) in [6.07, 6.45) is 3.95. The zero-order valence-corrected chi connectivity index (χ0v) is 16.3. The molecule has 1 aliphatic rings. The quantitative estimate of drug-likeness (QED) is 0.714. The van der Waals surface area contributed by atoms with Gasteiger partial charge in [0, 0.05) is 39.1 Å². The summed E-state index contributed by atoms with van der Waals surface area (Å²) in [5.41, 5.74) is 1.03. The van der Waals surface area contributed by atoms with Crippen molar-refractivity contribution in [1.82, 2.24) is 14.9 Å². The molecule has 1 atom stereocenters. The van der Waals surface area contributed by atoms with Gasteiger partial charge in [0.25, 0.3) is 5.91 Å². The molecule has 0 saturated carbocycles. The SMILES string of the molecule is CC(OC(=O)C1CCN(c2ncccn2)CC1)C(=O)N(C)Cc1ccccc1. The summed E-state index contributed by atoms with van der Waals surface area (Å²) in [5, 5.41) is 0. The molecule has 1 amide bonds. The normalized spacial score (nSPS) is 15.7. The average Bonchev–Trinajstić information content (AvgIpc) is 2.74. The number of carbonyl (C=O) groups is 2. The van der Waals surface area contributed by atoms with E-state index in [1.54, 1.807) is 37.3 Å². The third kappa shape index (κ3) is 5.06. The molecule has 7 nitrogen and oxygen atoms in total. The van der Waals surface area contributed by atoms with Crippen LogP contribution in [0.1, 0.15) is 25.3 Å². The lowest BCUT2D eigenvalue weighted by atomic mass is 9.97. The molecule has 1 fully saturated rings. The molecule has 0 spiro atoms. The van der Waals surface area contributed by atoms with Gasteiger partial charge in [-0.3, -0.25) is 9.59 Å². The summed E-state index contributed by atoms with van der Waals surface area (Å²) in [6, 6.07) is 11.5. The number of hydrogen-bond donors (Lipinski definition) is 0. The minimum Gasteiger partial charge on any atom is -0.452 e. The highest BCUT2D eigenvalue weighted by molar-refractivity contribution is 5.84. The van der Waals surface area contributed by atoms with Crippen LogP contribution in [0, 0.1) is 5.92 Å². The standard InChI is InChI=1S/C21H26N4O3/c1-16(19(26)24(2)15-17-7-4-3-5-8-17)28-20(27)18-9-13-25(14-10-18)21-22-11-6-12-23-21/h3-8,11-12,16,18H,9-10,13-15H2,1-2H3. The number of aromatic nitrogens is 2. The van der Waals surface area contributed by atoms with Crippen LogP contribution < -0.4 is 4.90 Å². The van der Waals surface area contributed by atoms with E-state index < -0.39 is 6.10 Å². The first-order chi connectivity index (χ1) is 13.5. The van der Waals surface area contributed by atoms with Crippen molar-refractivity contribution in [1.29, 1.82) is 0 Å². The van der Waals surface area contributed by atoms with Crippen LogP contribution in [-0.4, -0.2) is 53.0 Å². The summed E-state index contributed by atoms with van der Waals surface area (Å²) in [4.78, 5) is 37.2. The molecule has 28 heavy (non-hydrogen) atoms. The van der Waals surface area contributed by atoms with Gasteiger partial charge in [-0.2, -0.15) is 0 Å². The number of carbonyl (C=O) groups excluding carboxylic acids is 2. The molecule has 1 aromatic carbocycles. The summed E-state index contributed by atoms with van der Waals surface area (Å²) in [5.74, 6) is -0.0232. The molecule has 0 N–H and O–H groups in total. The maximum atomic E-state index is 12.5. The van der Waals surface area contributed by atoms with Gasteiger partial charge >= 0.3 is 5.97 Å². The van der Waals surface area contributed by atoms with Crippen LogP contribution in [0.15, 0.2) is 48.8 Å². The second-order valence-electron chi connectivity index (χ2n) is 7.07. The molecule has 2 aromatic rings. The monoisotopic (exact) mass is 382 g/mol. The Bertz CT molecular complexity index is 777. The second-order valence-corrected chi connectivity index (χ2v) is 7.07. The van der Waals surface area contributed by atoms with Crippen LogP contribution in [-0.2, 0) is 20.9 Å². The van der Waals surface area contributed by atoms with Crippen molar-refractivity contribution in [2.24, 2.45) is 5.92 Å². The number of amides is 1. The predicted molar refractivity (Wildman–Crippen MR) is 105 cm³/mol. The molecule has 1 aliphatic heterocycles. The summed E-state index contributed by atoms with van der Waals surface area (Å²) in [7, 11) is 1.72. The Morgan fingerprint density at radius 1 is 1.14 bits per heavy atom. The molecule has 1 saturated heterocycles. The first-order valence-corrected chi connectivity index (χ1v) is 9.56. The maximum absolute atomic E-state index is 12.5.